The van der Waals surface area contributed by atoms with Gasteiger partial charge in [-0.1, -0.05) is 13.0 Å². The first-order chi connectivity index (χ1) is 16.6. The largest absolute Gasteiger partial charge is 0.416 e. The molecule has 1 fully saturated rings. The normalized spacial score (nSPS) is 20.5. The van der Waals surface area contributed by atoms with Crippen molar-refractivity contribution >= 4 is 17.5 Å². The number of carbonyl (C=O) groups is 1. The molecule has 1 amide bonds. The van der Waals surface area contributed by atoms with Crippen LogP contribution in [0.3, 0.4) is 0 Å². The van der Waals surface area contributed by atoms with E-state index in [2.05, 4.69) is 20.5 Å². The lowest BCUT2D eigenvalue weighted by Crippen LogP contribution is -2.43. The average Bonchev–Trinajstić information content (AvgIpc) is 3.38. The topological polar surface area (TPSA) is 96.2 Å². The van der Waals surface area contributed by atoms with Gasteiger partial charge in [-0.25, -0.2) is 4.98 Å². The number of hydrogen-bond acceptors (Lipinski definition) is 6. The predicted octanol–water partition coefficient (Wildman–Crippen LogP) is 3.67. The molecule has 1 unspecified atom stereocenters. The van der Waals surface area contributed by atoms with Crippen LogP contribution in [0, 0.1) is 0 Å². The number of pyridine rings is 1. The van der Waals surface area contributed by atoms with E-state index in [4.69, 9.17) is 0 Å². The summed E-state index contributed by atoms with van der Waals surface area (Å²) in [5.41, 5.74) is 0.0130. The molecule has 3 heterocycles. The van der Waals surface area contributed by atoms with Crippen LogP contribution in [-0.4, -0.2) is 42.9 Å². The summed E-state index contributed by atoms with van der Waals surface area (Å²) in [6.07, 6.45) is -1.41. The van der Waals surface area contributed by atoms with Crippen LogP contribution in [0.2, 0.25) is 0 Å². The number of carbonyl (C=O) groups excluding carboxylic acids is 1. The van der Waals surface area contributed by atoms with Gasteiger partial charge in [-0.05, 0) is 54.2 Å². The molecule has 1 aliphatic carbocycles. The van der Waals surface area contributed by atoms with E-state index in [1.807, 2.05) is 24.6 Å². The first-order valence-corrected chi connectivity index (χ1v) is 11.4. The van der Waals surface area contributed by atoms with Gasteiger partial charge in [0.1, 0.15) is 23.8 Å². The number of aromatic nitrogens is 4. The van der Waals surface area contributed by atoms with Crippen molar-refractivity contribution in [2.45, 2.75) is 57.0 Å². The van der Waals surface area contributed by atoms with E-state index in [-0.39, 0.29) is 35.4 Å². The van der Waals surface area contributed by atoms with Crippen molar-refractivity contribution in [3.05, 3.63) is 64.7 Å². The fraction of sp³-hybridized carbons (Fsp3) is 0.417. The average molecular weight is 486 g/mol. The third kappa shape index (κ3) is 4.36. The lowest BCUT2D eigenvalue weighted by Gasteiger charge is -2.33. The van der Waals surface area contributed by atoms with E-state index < -0.39 is 23.8 Å². The lowest BCUT2D eigenvalue weighted by molar-refractivity contribution is -0.138. The van der Waals surface area contributed by atoms with Crippen molar-refractivity contribution in [2.75, 3.05) is 10.2 Å². The Bertz CT molecular complexity index is 1270. The van der Waals surface area contributed by atoms with E-state index in [9.17, 15) is 23.1 Å². The molecule has 1 aliphatic heterocycles. The fourth-order valence-corrected chi connectivity index (χ4v) is 4.54. The second-order valence-corrected chi connectivity index (χ2v) is 9.22. The Morgan fingerprint density at radius 3 is 2.69 bits per heavy atom. The molecule has 2 aromatic heterocycles. The number of hydrogen-bond donors (Lipinski definition) is 2. The van der Waals surface area contributed by atoms with Crippen LogP contribution in [-0.2, 0) is 26.2 Å². The number of aliphatic hydroxyl groups excluding tert-OH is 1. The van der Waals surface area contributed by atoms with Crippen molar-refractivity contribution in [2.24, 2.45) is 7.05 Å². The molecule has 0 saturated heterocycles. The van der Waals surface area contributed by atoms with Gasteiger partial charge in [0, 0.05) is 19.0 Å². The molecule has 8 nitrogen and oxygen atoms in total. The zero-order valence-corrected chi connectivity index (χ0v) is 19.3. The predicted molar refractivity (Wildman–Crippen MR) is 122 cm³/mol. The third-order valence-corrected chi connectivity index (χ3v) is 6.82. The van der Waals surface area contributed by atoms with Gasteiger partial charge < -0.3 is 15.0 Å². The van der Waals surface area contributed by atoms with Gasteiger partial charge >= 0.3 is 6.18 Å². The van der Waals surface area contributed by atoms with Crippen molar-refractivity contribution in [1.29, 1.82) is 0 Å². The highest BCUT2D eigenvalue weighted by molar-refractivity contribution is 6.10. The number of amides is 1. The summed E-state index contributed by atoms with van der Waals surface area (Å²) in [7, 11) is 1.85. The Labute approximate surface area is 199 Å². The Kier molecular flexibility index (Phi) is 5.74. The highest BCUT2D eigenvalue weighted by Gasteiger charge is 2.40. The molecule has 0 radical (unpaired) electrons. The number of aryl methyl sites for hydroxylation is 1. The number of halogens is 3. The Balaban J connectivity index is 1.50. The summed E-state index contributed by atoms with van der Waals surface area (Å²) in [6, 6.07) is 7.08. The number of nitrogens with one attached hydrogen (secondary N) is 1. The summed E-state index contributed by atoms with van der Waals surface area (Å²) >= 11 is 0. The van der Waals surface area contributed by atoms with Crippen LogP contribution in [0.25, 0.3) is 0 Å². The van der Waals surface area contributed by atoms with Gasteiger partial charge in [0.25, 0.3) is 5.91 Å². The smallest absolute Gasteiger partial charge is 0.391 e. The minimum atomic E-state index is -4.56. The quantitative estimate of drug-likeness (QED) is 0.552. The molecule has 2 N–H and O–H groups in total. The first kappa shape index (κ1) is 23.3. The number of alkyl halides is 3. The summed E-state index contributed by atoms with van der Waals surface area (Å²) < 4.78 is 42.6. The molecule has 11 heteroatoms. The number of benzene rings is 1. The molecule has 0 spiro atoms. The maximum Gasteiger partial charge on any atom is 0.416 e. The monoisotopic (exact) mass is 486 g/mol. The van der Waals surface area contributed by atoms with Crippen LogP contribution in [0.4, 0.5) is 24.8 Å². The van der Waals surface area contributed by atoms with Gasteiger partial charge in [-0.2, -0.15) is 13.2 Å². The molecular weight excluding hydrogens is 461 g/mol. The molecule has 1 aromatic carbocycles. The zero-order chi connectivity index (χ0) is 24.9. The molecule has 2 aliphatic rings. The number of rotatable bonds is 6. The van der Waals surface area contributed by atoms with Crippen LogP contribution < -0.4 is 10.2 Å². The SMILES string of the molecule is CC(Cc1nncn1C)c1cc(N[C@@H]2CC[C@@H]2O)nc(N2Cc3c(cccc3C(F)(F)F)C2=O)c1. The Hall–Kier alpha value is -3.47. The number of anilines is 2. The van der Waals surface area contributed by atoms with Gasteiger partial charge in [-0.3, -0.25) is 9.69 Å². The molecular formula is C24H25F3N6O2. The van der Waals surface area contributed by atoms with Crippen LogP contribution in [0.5, 0.6) is 0 Å². The van der Waals surface area contributed by atoms with Gasteiger partial charge in [0.15, 0.2) is 0 Å². The fourth-order valence-electron chi connectivity index (χ4n) is 4.54. The van der Waals surface area contributed by atoms with Crippen molar-refractivity contribution in [3.8, 4) is 0 Å². The molecule has 5 rings (SSSR count). The molecule has 0 bridgehead atoms. The number of fused-ring (bicyclic) bond motifs is 1. The molecule has 184 valence electrons. The van der Waals surface area contributed by atoms with Crippen molar-refractivity contribution in [3.63, 3.8) is 0 Å². The van der Waals surface area contributed by atoms with E-state index >= 15 is 0 Å². The van der Waals surface area contributed by atoms with Gasteiger partial charge in [-0.15, -0.1) is 10.2 Å². The molecule has 3 aromatic rings. The zero-order valence-electron chi connectivity index (χ0n) is 19.3. The van der Waals surface area contributed by atoms with Crippen molar-refractivity contribution < 1.29 is 23.1 Å². The standard InChI is InChI=1S/C24H25F3N6O2/c1-13(8-22-31-28-12-32(22)2)14-9-20(29-18-6-7-19(18)34)30-21(10-14)33-11-16-15(23(33)35)4-3-5-17(16)24(25,26)27/h3-5,9-10,12-13,18-19,34H,6-8,11H2,1-2H3,(H,29,30)/t13?,18-,19+/m1/s1. The van der Waals surface area contributed by atoms with Crippen LogP contribution in [0.1, 0.15) is 58.6 Å². The third-order valence-electron chi connectivity index (χ3n) is 6.82. The molecule has 35 heavy (non-hydrogen) atoms. The van der Waals surface area contributed by atoms with Gasteiger partial charge in [0.05, 0.1) is 24.3 Å². The summed E-state index contributed by atoms with van der Waals surface area (Å²) in [4.78, 5) is 19.0. The molecule has 3 atom stereocenters. The summed E-state index contributed by atoms with van der Waals surface area (Å²) in [6.45, 7) is 1.78. The number of nitrogens with zero attached hydrogens (tertiary/aromatic N) is 5. The van der Waals surface area contributed by atoms with E-state index in [1.54, 1.807) is 12.4 Å². The van der Waals surface area contributed by atoms with E-state index in [0.717, 1.165) is 23.9 Å². The molecule has 1 saturated carbocycles. The maximum atomic E-state index is 13.6. The Morgan fingerprint density at radius 1 is 1.26 bits per heavy atom. The lowest BCUT2D eigenvalue weighted by atomic mass is 9.89. The number of aliphatic hydroxyl groups is 1. The van der Waals surface area contributed by atoms with E-state index in [0.29, 0.717) is 18.7 Å². The van der Waals surface area contributed by atoms with Crippen LogP contribution >= 0.6 is 0 Å². The maximum absolute atomic E-state index is 13.6. The van der Waals surface area contributed by atoms with Crippen LogP contribution in [0.15, 0.2) is 36.7 Å². The summed E-state index contributed by atoms with van der Waals surface area (Å²) in [5, 5.41) is 21.3. The summed E-state index contributed by atoms with van der Waals surface area (Å²) in [5.74, 6) is 0.937. The minimum Gasteiger partial charge on any atom is -0.391 e. The second kappa shape index (κ2) is 8.63. The second-order valence-electron chi connectivity index (χ2n) is 9.22. The minimum absolute atomic E-state index is 0.0306. The van der Waals surface area contributed by atoms with Crippen molar-refractivity contribution in [1.82, 2.24) is 19.7 Å². The Morgan fingerprint density at radius 2 is 2.06 bits per heavy atom. The highest BCUT2D eigenvalue weighted by Crippen LogP contribution is 2.39. The highest BCUT2D eigenvalue weighted by atomic mass is 19.4. The van der Waals surface area contributed by atoms with Gasteiger partial charge in [0.2, 0.25) is 0 Å². The first-order valence-electron chi connectivity index (χ1n) is 11.4. The van der Waals surface area contributed by atoms with E-state index in [1.165, 1.54) is 17.0 Å².